The average Bonchev–Trinajstić information content (AvgIpc) is 4.12. The van der Waals surface area contributed by atoms with E-state index in [9.17, 15) is 0 Å². The Balaban J connectivity index is 0.994. The van der Waals surface area contributed by atoms with E-state index < -0.39 is 0 Å². The van der Waals surface area contributed by atoms with Crippen molar-refractivity contribution in [3.63, 3.8) is 0 Å². The number of aryl methyl sites for hydroxylation is 4. The maximum atomic E-state index is 2.46. The van der Waals surface area contributed by atoms with Gasteiger partial charge in [0.15, 0.2) is 0 Å². The Labute approximate surface area is 460 Å². The minimum absolute atomic E-state index is 0.0638. The zero-order chi connectivity index (χ0) is 53.8. The van der Waals surface area contributed by atoms with Crippen molar-refractivity contribution in [2.75, 3.05) is 0 Å². The standard InChI is InChI=1S/C76H68N2/c1-11-77-69-35-29-55(41-63(69)65-45-59(75(5,6)7)31-37-71(65)77)49-19-23-51(24-20-49)73-61-33-27-58(54-18-14-16-48(4)40-54)44-68(61)74(62-34-28-57(43-67(62)73)53-17-13-15-47(3)39-53)52-25-21-50(22-26-52)56-30-36-70-64(42-56)66-46-60(76(8,9)10)32-38-72(66)78(70)12-2/h13-46H,11-12H2,1-10H3. The van der Waals surface area contributed by atoms with E-state index in [0.717, 1.165) is 13.1 Å². The molecule has 2 nitrogen and oxygen atoms in total. The monoisotopic (exact) mass is 1010 g/mol. The Hall–Kier alpha value is -8.46. The molecule has 0 aliphatic rings. The van der Waals surface area contributed by atoms with Gasteiger partial charge in [-0.1, -0.05) is 198 Å². The summed E-state index contributed by atoms with van der Waals surface area (Å²) in [6.45, 7) is 24.6. The van der Waals surface area contributed by atoms with E-state index in [1.807, 2.05) is 0 Å². The van der Waals surface area contributed by atoms with Crippen LogP contribution in [-0.4, -0.2) is 9.13 Å². The van der Waals surface area contributed by atoms with E-state index in [4.69, 9.17) is 0 Å². The van der Waals surface area contributed by atoms with Gasteiger partial charge in [-0.25, -0.2) is 0 Å². The molecule has 2 heteroatoms. The van der Waals surface area contributed by atoms with E-state index in [1.165, 1.54) is 154 Å². The second-order valence-corrected chi connectivity index (χ2v) is 24.1. The Morgan fingerprint density at radius 2 is 0.564 bits per heavy atom. The highest BCUT2D eigenvalue weighted by Crippen LogP contribution is 2.47. The van der Waals surface area contributed by atoms with Crippen LogP contribution in [0.4, 0.5) is 0 Å². The summed E-state index contributed by atoms with van der Waals surface area (Å²) in [6.07, 6.45) is 0. The topological polar surface area (TPSA) is 9.86 Å². The third-order valence-corrected chi connectivity index (χ3v) is 16.9. The molecular formula is C76H68N2. The SMILES string of the molecule is CCn1c2ccc(-c3ccc(-c4c5ccc(-c6cccc(C)c6)cc5c(-c5ccc(-c6ccc7c(c6)c6cc(C(C)(C)C)ccc6n7CC)cc5)c5ccc(-c6cccc(C)c6)cc45)cc3)cc2c2cc(C(C)(C)C)ccc21. The largest absolute Gasteiger partial charge is 0.341 e. The van der Waals surface area contributed by atoms with Gasteiger partial charge in [0.1, 0.15) is 0 Å². The Morgan fingerprint density at radius 3 is 0.923 bits per heavy atom. The van der Waals surface area contributed by atoms with Crippen LogP contribution in [0.3, 0.4) is 0 Å². The van der Waals surface area contributed by atoms with Crippen LogP contribution >= 0.6 is 0 Å². The lowest BCUT2D eigenvalue weighted by Crippen LogP contribution is -2.10. The number of hydrogen-bond acceptors (Lipinski definition) is 0. The molecule has 78 heavy (non-hydrogen) atoms. The van der Waals surface area contributed by atoms with Gasteiger partial charge in [0.25, 0.3) is 0 Å². The van der Waals surface area contributed by atoms with Crippen LogP contribution in [0.25, 0.3) is 132 Å². The van der Waals surface area contributed by atoms with Crippen molar-refractivity contribution < 1.29 is 0 Å². The third-order valence-electron chi connectivity index (χ3n) is 16.9. The Morgan fingerprint density at radius 1 is 0.269 bits per heavy atom. The lowest BCUT2D eigenvalue weighted by atomic mass is 9.83. The molecule has 0 saturated heterocycles. The minimum Gasteiger partial charge on any atom is -0.341 e. The van der Waals surface area contributed by atoms with Crippen LogP contribution in [0.5, 0.6) is 0 Å². The number of fused-ring (bicyclic) bond motifs is 8. The van der Waals surface area contributed by atoms with Crippen LogP contribution < -0.4 is 0 Å². The summed E-state index contributed by atoms with van der Waals surface area (Å²) in [5.74, 6) is 0. The summed E-state index contributed by atoms with van der Waals surface area (Å²) in [7, 11) is 0. The maximum absolute atomic E-state index is 2.46. The van der Waals surface area contributed by atoms with Gasteiger partial charge in [0.05, 0.1) is 0 Å². The van der Waals surface area contributed by atoms with Crippen molar-refractivity contribution in [1.82, 2.24) is 9.13 Å². The molecule has 2 aromatic heterocycles. The molecule has 0 aliphatic carbocycles. The van der Waals surface area contributed by atoms with Crippen LogP contribution in [0.2, 0.25) is 0 Å². The molecule has 0 unspecified atom stereocenters. The van der Waals surface area contributed by atoms with Gasteiger partial charge in [-0.2, -0.15) is 0 Å². The molecule has 0 radical (unpaired) electrons. The first kappa shape index (κ1) is 49.1. The van der Waals surface area contributed by atoms with Crippen molar-refractivity contribution >= 4 is 65.2 Å². The molecule has 13 rings (SSSR count). The lowest BCUT2D eigenvalue weighted by molar-refractivity contribution is 0.591. The van der Waals surface area contributed by atoms with Crippen molar-refractivity contribution in [2.24, 2.45) is 0 Å². The van der Waals surface area contributed by atoms with Gasteiger partial charge >= 0.3 is 0 Å². The summed E-state index contributed by atoms with van der Waals surface area (Å²) >= 11 is 0. The summed E-state index contributed by atoms with van der Waals surface area (Å²) in [5.41, 5.74) is 25.2. The van der Waals surface area contributed by atoms with Crippen molar-refractivity contribution in [3.05, 3.63) is 229 Å². The van der Waals surface area contributed by atoms with Gasteiger partial charge in [-0.3, -0.25) is 0 Å². The molecule has 0 atom stereocenters. The Bertz CT molecular complexity index is 4230. The van der Waals surface area contributed by atoms with Crippen LogP contribution in [0, 0.1) is 13.8 Å². The summed E-state index contributed by atoms with van der Waals surface area (Å²) in [6, 6.07) is 79.3. The van der Waals surface area contributed by atoms with Gasteiger partial charge in [0.2, 0.25) is 0 Å². The number of benzene rings is 11. The van der Waals surface area contributed by atoms with Gasteiger partial charge in [-0.05, 0) is 199 Å². The van der Waals surface area contributed by atoms with E-state index in [1.54, 1.807) is 0 Å². The molecule has 382 valence electrons. The molecule has 11 aromatic carbocycles. The average molecular weight is 1010 g/mol. The zero-order valence-corrected chi connectivity index (χ0v) is 46.9. The molecule has 0 spiro atoms. The van der Waals surface area contributed by atoms with E-state index >= 15 is 0 Å². The van der Waals surface area contributed by atoms with Crippen molar-refractivity contribution in [3.8, 4) is 66.8 Å². The predicted octanol–water partition coefficient (Wildman–Crippen LogP) is 21.5. The smallest absolute Gasteiger partial charge is 0.0491 e. The number of aromatic nitrogens is 2. The third kappa shape index (κ3) is 8.32. The minimum atomic E-state index is 0.0638. The molecule has 0 saturated carbocycles. The first-order chi connectivity index (χ1) is 37.6. The first-order valence-corrected chi connectivity index (χ1v) is 28.2. The highest BCUT2D eigenvalue weighted by Gasteiger charge is 2.22. The number of nitrogens with zero attached hydrogens (tertiary/aromatic N) is 2. The molecule has 0 N–H and O–H groups in total. The van der Waals surface area contributed by atoms with Gasteiger partial charge in [0, 0.05) is 56.7 Å². The molecule has 0 bridgehead atoms. The highest BCUT2D eigenvalue weighted by molar-refractivity contribution is 6.23. The molecule has 0 aliphatic heterocycles. The van der Waals surface area contributed by atoms with Gasteiger partial charge in [-0.15, -0.1) is 0 Å². The fourth-order valence-electron chi connectivity index (χ4n) is 12.7. The maximum Gasteiger partial charge on any atom is 0.0491 e. The van der Waals surface area contributed by atoms with Crippen LogP contribution in [0.15, 0.2) is 206 Å². The zero-order valence-electron chi connectivity index (χ0n) is 46.9. The van der Waals surface area contributed by atoms with E-state index in [-0.39, 0.29) is 10.8 Å². The normalized spacial score (nSPS) is 12.3. The highest BCUT2D eigenvalue weighted by atomic mass is 15.0. The predicted molar refractivity (Wildman–Crippen MR) is 338 cm³/mol. The number of rotatable bonds is 8. The Kier molecular flexibility index (Phi) is 11.7. The van der Waals surface area contributed by atoms with Gasteiger partial charge < -0.3 is 9.13 Å². The molecule has 13 aromatic rings. The second kappa shape index (κ2) is 18.6. The summed E-state index contributed by atoms with van der Waals surface area (Å²) < 4.78 is 4.92. The van der Waals surface area contributed by atoms with E-state index in [2.05, 4.69) is 285 Å². The quantitative estimate of drug-likeness (QED) is 0.134. The fourth-order valence-corrected chi connectivity index (χ4v) is 12.7. The molecule has 0 amide bonds. The van der Waals surface area contributed by atoms with E-state index in [0.29, 0.717) is 0 Å². The fraction of sp³-hybridized carbons (Fsp3) is 0.184. The number of hydrogen-bond donors (Lipinski definition) is 0. The van der Waals surface area contributed by atoms with Crippen molar-refractivity contribution in [2.45, 2.75) is 93.2 Å². The van der Waals surface area contributed by atoms with Crippen LogP contribution in [-0.2, 0) is 23.9 Å². The summed E-state index contributed by atoms with van der Waals surface area (Å²) in [5, 5.41) is 10.2. The molecule has 0 fully saturated rings. The second-order valence-electron chi connectivity index (χ2n) is 24.1. The lowest BCUT2D eigenvalue weighted by Gasteiger charge is -2.20. The first-order valence-electron chi connectivity index (χ1n) is 28.2. The summed E-state index contributed by atoms with van der Waals surface area (Å²) in [4.78, 5) is 0. The van der Waals surface area contributed by atoms with Crippen molar-refractivity contribution in [1.29, 1.82) is 0 Å². The molecular weight excluding hydrogens is 941 g/mol. The molecule has 2 heterocycles. The van der Waals surface area contributed by atoms with Crippen LogP contribution in [0.1, 0.15) is 77.6 Å².